The minimum absolute atomic E-state index is 0.0592. The van der Waals surface area contributed by atoms with Crippen molar-refractivity contribution in [2.75, 3.05) is 4.90 Å². The average molecular weight is 279 g/mol. The molecule has 3 unspecified atom stereocenters. The van der Waals surface area contributed by atoms with Crippen molar-refractivity contribution in [2.45, 2.75) is 77.3 Å². The number of aromatic nitrogens is 2. The van der Waals surface area contributed by atoms with Gasteiger partial charge in [-0.3, -0.25) is 0 Å². The maximum Gasteiger partial charge on any atom is 0.205 e. The van der Waals surface area contributed by atoms with Gasteiger partial charge < -0.3 is 4.90 Å². The molecule has 19 heavy (non-hydrogen) atoms. The maximum absolute atomic E-state index is 4.84. The van der Waals surface area contributed by atoms with Crippen LogP contribution in [0, 0.1) is 5.92 Å². The molecule has 1 aliphatic heterocycles. The summed E-state index contributed by atoms with van der Waals surface area (Å²) in [6.45, 7) is 8.93. The van der Waals surface area contributed by atoms with Crippen LogP contribution in [0.3, 0.4) is 0 Å². The van der Waals surface area contributed by atoms with Crippen molar-refractivity contribution < 1.29 is 0 Å². The van der Waals surface area contributed by atoms with E-state index in [1.54, 1.807) is 11.5 Å². The van der Waals surface area contributed by atoms with Crippen molar-refractivity contribution in [1.82, 2.24) is 9.36 Å². The summed E-state index contributed by atoms with van der Waals surface area (Å²) >= 11 is 1.60. The van der Waals surface area contributed by atoms with Crippen LogP contribution in [-0.4, -0.2) is 21.4 Å². The Morgan fingerprint density at radius 1 is 1.21 bits per heavy atom. The minimum Gasteiger partial charge on any atom is -0.341 e. The fourth-order valence-electron chi connectivity index (χ4n) is 3.66. The first-order valence-electron chi connectivity index (χ1n) is 7.59. The standard InChI is InChI=1S/C15H25N3S/c1-10-9-11-7-5-6-8-12(11)18(10)14-16-13(17-19-14)15(2,3)4/h10-12H,5-9H2,1-4H3. The van der Waals surface area contributed by atoms with Gasteiger partial charge in [-0.1, -0.05) is 33.6 Å². The van der Waals surface area contributed by atoms with E-state index >= 15 is 0 Å². The van der Waals surface area contributed by atoms with E-state index in [0.717, 1.165) is 22.9 Å². The van der Waals surface area contributed by atoms with Gasteiger partial charge in [0.2, 0.25) is 5.13 Å². The van der Waals surface area contributed by atoms with Crippen LogP contribution in [0.25, 0.3) is 0 Å². The summed E-state index contributed by atoms with van der Waals surface area (Å²) < 4.78 is 4.59. The largest absolute Gasteiger partial charge is 0.341 e. The number of rotatable bonds is 1. The molecule has 1 aromatic heterocycles. The molecule has 0 bridgehead atoms. The highest BCUT2D eigenvalue weighted by atomic mass is 32.1. The highest BCUT2D eigenvalue weighted by Gasteiger charge is 2.41. The molecule has 3 atom stereocenters. The summed E-state index contributed by atoms with van der Waals surface area (Å²) in [5, 5.41) is 1.16. The van der Waals surface area contributed by atoms with E-state index < -0.39 is 0 Å². The second-order valence-corrected chi connectivity index (χ2v) is 7.98. The molecule has 1 aliphatic carbocycles. The first-order chi connectivity index (χ1) is 8.97. The topological polar surface area (TPSA) is 29.0 Å². The Hall–Kier alpha value is -0.640. The predicted molar refractivity (Wildman–Crippen MR) is 80.9 cm³/mol. The Bertz CT molecular complexity index is 448. The molecule has 0 aromatic carbocycles. The molecule has 0 amide bonds. The van der Waals surface area contributed by atoms with Crippen molar-refractivity contribution in [3.63, 3.8) is 0 Å². The van der Waals surface area contributed by atoms with E-state index in [1.807, 2.05) is 0 Å². The third-order valence-corrected chi connectivity index (χ3v) is 5.38. The van der Waals surface area contributed by atoms with Gasteiger partial charge in [-0.15, -0.1) is 0 Å². The number of nitrogens with zero attached hydrogens (tertiary/aromatic N) is 3. The van der Waals surface area contributed by atoms with E-state index in [1.165, 1.54) is 32.1 Å². The molecule has 4 heteroatoms. The SMILES string of the molecule is CC1CC2CCCCC2N1c1nc(C(C)(C)C)ns1. The Kier molecular flexibility index (Phi) is 3.32. The van der Waals surface area contributed by atoms with Crippen LogP contribution in [0.1, 0.15) is 65.6 Å². The van der Waals surface area contributed by atoms with Crippen LogP contribution in [0.5, 0.6) is 0 Å². The molecule has 2 heterocycles. The van der Waals surface area contributed by atoms with Gasteiger partial charge in [0.15, 0.2) is 0 Å². The molecule has 2 fully saturated rings. The van der Waals surface area contributed by atoms with Crippen LogP contribution in [0.15, 0.2) is 0 Å². The number of hydrogen-bond acceptors (Lipinski definition) is 4. The van der Waals surface area contributed by atoms with Crippen molar-refractivity contribution in [3.05, 3.63) is 5.82 Å². The summed E-state index contributed by atoms with van der Waals surface area (Å²) in [5.74, 6) is 1.89. The quantitative estimate of drug-likeness (QED) is 0.778. The Morgan fingerprint density at radius 2 is 1.95 bits per heavy atom. The molecule has 0 N–H and O–H groups in total. The van der Waals surface area contributed by atoms with E-state index in [0.29, 0.717) is 6.04 Å². The molecular formula is C15H25N3S. The second kappa shape index (κ2) is 4.72. The van der Waals surface area contributed by atoms with E-state index in [2.05, 4.69) is 37.0 Å². The Morgan fingerprint density at radius 3 is 2.63 bits per heavy atom. The molecule has 3 rings (SSSR count). The summed E-state index contributed by atoms with van der Waals surface area (Å²) in [6, 6.07) is 1.36. The highest BCUT2D eigenvalue weighted by Crippen LogP contribution is 2.42. The molecule has 0 radical (unpaired) electrons. The molecule has 3 nitrogen and oxygen atoms in total. The predicted octanol–water partition coefficient (Wildman–Crippen LogP) is 3.99. The molecule has 0 spiro atoms. The van der Waals surface area contributed by atoms with Gasteiger partial charge >= 0.3 is 0 Å². The fraction of sp³-hybridized carbons (Fsp3) is 0.867. The fourth-order valence-corrected chi connectivity index (χ4v) is 4.68. The van der Waals surface area contributed by atoms with Gasteiger partial charge in [-0.25, -0.2) is 4.98 Å². The van der Waals surface area contributed by atoms with Crippen LogP contribution in [0.4, 0.5) is 5.13 Å². The van der Waals surface area contributed by atoms with Crippen LogP contribution >= 0.6 is 11.5 Å². The van der Waals surface area contributed by atoms with Gasteiger partial charge in [0.25, 0.3) is 0 Å². The lowest BCUT2D eigenvalue weighted by Crippen LogP contribution is -2.37. The summed E-state index contributed by atoms with van der Waals surface area (Å²) in [4.78, 5) is 7.42. The zero-order chi connectivity index (χ0) is 13.6. The van der Waals surface area contributed by atoms with Gasteiger partial charge in [-0.2, -0.15) is 4.37 Å². The Balaban J connectivity index is 1.86. The molecule has 2 aliphatic rings. The molecule has 1 aromatic rings. The smallest absolute Gasteiger partial charge is 0.205 e. The number of hydrogen-bond donors (Lipinski definition) is 0. The van der Waals surface area contributed by atoms with Crippen molar-refractivity contribution in [3.8, 4) is 0 Å². The van der Waals surface area contributed by atoms with Crippen molar-refractivity contribution in [1.29, 1.82) is 0 Å². The lowest BCUT2D eigenvalue weighted by molar-refractivity contribution is 0.341. The van der Waals surface area contributed by atoms with E-state index in [9.17, 15) is 0 Å². The second-order valence-electron chi connectivity index (χ2n) is 7.25. The third-order valence-electron chi connectivity index (χ3n) is 4.65. The van der Waals surface area contributed by atoms with Crippen molar-refractivity contribution in [2.24, 2.45) is 5.92 Å². The van der Waals surface area contributed by atoms with Crippen LogP contribution < -0.4 is 4.90 Å². The van der Waals surface area contributed by atoms with Crippen LogP contribution in [0.2, 0.25) is 0 Å². The zero-order valence-electron chi connectivity index (χ0n) is 12.5. The monoisotopic (exact) mass is 279 g/mol. The highest BCUT2D eigenvalue weighted by molar-refractivity contribution is 7.09. The van der Waals surface area contributed by atoms with Gasteiger partial charge in [-0.05, 0) is 32.1 Å². The zero-order valence-corrected chi connectivity index (χ0v) is 13.3. The number of anilines is 1. The van der Waals surface area contributed by atoms with Crippen molar-refractivity contribution >= 4 is 16.7 Å². The molecule has 1 saturated carbocycles. The van der Waals surface area contributed by atoms with Crippen LogP contribution in [-0.2, 0) is 5.41 Å². The lowest BCUT2D eigenvalue weighted by atomic mass is 9.85. The van der Waals surface area contributed by atoms with Gasteiger partial charge in [0.1, 0.15) is 5.82 Å². The normalized spacial score (nSPS) is 31.6. The first kappa shape index (κ1) is 13.3. The number of fused-ring (bicyclic) bond motifs is 1. The summed E-state index contributed by atoms with van der Waals surface area (Å²) in [7, 11) is 0. The minimum atomic E-state index is 0.0592. The Labute approximate surface area is 120 Å². The van der Waals surface area contributed by atoms with E-state index in [4.69, 9.17) is 4.98 Å². The maximum atomic E-state index is 4.84. The van der Waals surface area contributed by atoms with E-state index in [-0.39, 0.29) is 5.41 Å². The van der Waals surface area contributed by atoms with Gasteiger partial charge in [0.05, 0.1) is 0 Å². The summed E-state index contributed by atoms with van der Waals surface area (Å²) in [6.07, 6.45) is 6.91. The third kappa shape index (κ3) is 2.39. The molecule has 1 saturated heterocycles. The average Bonchev–Trinajstić information content (AvgIpc) is 2.90. The molecular weight excluding hydrogens is 254 g/mol. The molecule has 106 valence electrons. The lowest BCUT2D eigenvalue weighted by Gasteiger charge is -2.32. The first-order valence-corrected chi connectivity index (χ1v) is 8.36. The van der Waals surface area contributed by atoms with Gasteiger partial charge in [0, 0.05) is 29.0 Å². The summed E-state index contributed by atoms with van der Waals surface area (Å²) in [5.41, 5.74) is 0.0592.